The Balaban J connectivity index is 1.33. The molecule has 0 saturated carbocycles. The number of hydrogen-bond donors (Lipinski definition) is 1. The van der Waals surface area contributed by atoms with Crippen molar-refractivity contribution in [2.24, 2.45) is 0 Å². The molecule has 4 rings (SSSR count). The van der Waals surface area contributed by atoms with E-state index in [0.29, 0.717) is 0 Å². The maximum Gasteiger partial charge on any atom is 0.0912 e. The molecule has 1 N–H and O–H groups in total. The molecule has 2 aliphatic heterocycles. The maximum atomic E-state index is 11.0. The fourth-order valence-corrected chi connectivity index (χ4v) is 4.31. The summed E-state index contributed by atoms with van der Waals surface area (Å²) in [6.07, 6.45) is 6.62. The monoisotopic (exact) mass is 351 g/mol. The van der Waals surface area contributed by atoms with E-state index in [0.717, 1.165) is 56.9 Å². The highest BCUT2D eigenvalue weighted by atomic mass is 16.3. The van der Waals surface area contributed by atoms with Crippen LogP contribution in [0.1, 0.15) is 31.2 Å². The molecule has 1 aromatic heterocycles. The fourth-order valence-electron chi connectivity index (χ4n) is 4.31. The van der Waals surface area contributed by atoms with E-state index in [1.807, 2.05) is 24.4 Å². The van der Waals surface area contributed by atoms with Crippen molar-refractivity contribution in [3.05, 3.63) is 54.2 Å². The lowest BCUT2D eigenvalue weighted by Gasteiger charge is -2.33. The van der Waals surface area contributed by atoms with E-state index in [1.165, 1.54) is 24.8 Å². The van der Waals surface area contributed by atoms with Gasteiger partial charge in [0.2, 0.25) is 0 Å². The third-order valence-corrected chi connectivity index (χ3v) is 5.70. The Morgan fingerprint density at radius 2 is 1.73 bits per heavy atom. The fraction of sp³-hybridized carbons (Fsp3) is 0.500. The number of β-amino-alcohol motifs (C(OH)–C–C–N with tert-alkyl or cyclic N) is 1. The first-order valence-electron chi connectivity index (χ1n) is 9.88. The van der Waals surface area contributed by atoms with Crippen LogP contribution in [0.2, 0.25) is 0 Å². The minimum Gasteiger partial charge on any atom is -0.387 e. The highest BCUT2D eigenvalue weighted by molar-refractivity contribution is 5.58. The molecule has 2 fully saturated rings. The van der Waals surface area contributed by atoms with E-state index in [2.05, 4.69) is 39.0 Å². The van der Waals surface area contributed by atoms with Crippen molar-refractivity contribution >= 4 is 0 Å². The third-order valence-electron chi connectivity index (χ3n) is 5.70. The molecule has 4 nitrogen and oxygen atoms in total. The van der Waals surface area contributed by atoms with Gasteiger partial charge in [-0.2, -0.15) is 0 Å². The summed E-state index contributed by atoms with van der Waals surface area (Å²) in [5.74, 6) is 0. The van der Waals surface area contributed by atoms with Gasteiger partial charge in [-0.25, -0.2) is 0 Å². The number of aromatic nitrogens is 1. The zero-order chi connectivity index (χ0) is 17.8. The standard InChI is InChI=1S/C22H29N3O/c26-22(17-24-13-4-1-5-14-24)11-15-25(18-22)16-19-7-9-20(10-8-19)21-6-2-3-12-23-21/h2-3,6-10,12,26H,1,4-5,11,13-18H2. The van der Waals surface area contributed by atoms with E-state index >= 15 is 0 Å². The summed E-state index contributed by atoms with van der Waals surface area (Å²) < 4.78 is 0. The lowest BCUT2D eigenvalue weighted by molar-refractivity contribution is 0.00635. The molecule has 1 aromatic carbocycles. The number of rotatable bonds is 5. The van der Waals surface area contributed by atoms with Gasteiger partial charge < -0.3 is 10.0 Å². The van der Waals surface area contributed by atoms with Gasteiger partial charge in [0.1, 0.15) is 0 Å². The van der Waals surface area contributed by atoms with Crippen molar-refractivity contribution in [1.82, 2.24) is 14.8 Å². The van der Waals surface area contributed by atoms with Crippen LogP contribution in [-0.4, -0.2) is 58.2 Å². The van der Waals surface area contributed by atoms with Gasteiger partial charge in [0.25, 0.3) is 0 Å². The summed E-state index contributed by atoms with van der Waals surface area (Å²) in [5.41, 5.74) is 2.92. The smallest absolute Gasteiger partial charge is 0.0912 e. The van der Waals surface area contributed by atoms with Gasteiger partial charge in [-0.1, -0.05) is 36.8 Å². The van der Waals surface area contributed by atoms with Gasteiger partial charge in [-0.15, -0.1) is 0 Å². The zero-order valence-electron chi connectivity index (χ0n) is 15.5. The van der Waals surface area contributed by atoms with E-state index in [4.69, 9.17) is 0 Å². The van der Waals surface area contributed by atoms with Gasteiger partial charge in [0.05, 0.1) is 11.3 Å². The summed E-state index contributed by atoms with van der Waals surface area (Å²) in [4.78, 5) is 9.25. The number of piperidine rings is 1. The summed E-state index contributed by atoms with van der Waals surface area (Å²) in [6.45, 7) is 5.80. The Kier molecular flexibility index (Phi) is 5.34. The summed E-state index contributed by atoms with van der Waals surface area (Å²) in [7, 11) is 0. The second-order valence-electron chi connectivity index (χ2n) is 7.93. The largest absolute Gasteiger partial charge is 0.387 e. The Bertz CT molecular complexity index is 697. The second-order valence-corrected chi connectivity index (χ2v) is 7.93. The van der Waals surface area contributed by atoms with Crippen molar-refractivity contribution in [2.45, 2.75) is 37.8 Å². The van der Waals surface area contributed by atoms with Crippen LogP contribution in [0.5, 0.6) is 0 Å². The number of nitrogens with zero attached hydrogens (tertiary/aromatic N) is 3. The van der Waals surface area contributed by atoms with Crippen molar-refractivity contribution < 1.29 is 5.11 Å². The van der Waals surface area contributed by atoms with Gasteiger partial charge in [0.15, 0.2) is 0 Å². The number of hydrogen-bond acceptors (Lipinski definition) is 4. The van der Waals surface area contributed by atoms with Crippen LogP contribution in [0.3, 0.4) is 0 Å². The first-order valence-corrected chi connectivity index (χ1v) is 9.88. The van der Waals surface area contributed by atoms with E-state index in [-0.39, 0.29) is 0 Å². The molecule has 26 heavy (non-hydrogen) atoms. The quantitative estimate of drug-likeness (QED) is 0.898. The summed E-state index contributed by atoms with van der Waals surface area (Å²) >= 11 is 0. The van der Waals surface area contributed by atoms with Crippen LogP contribution < -0.4 is 0 Å². The normalized spacial score (nSPS) is 24.8. The average molecular weight is 351 g/mol. The molecule has 0 bridgehead atoms. The van der Waals surface area contributed by atoms with Gasteiger partial charge in [-0.05, 0) is 50.0 Å². The van der Waals surface area contributed by atoms with Crippen molar-refractivity contribution in [2.75, 3.05) is 32.7 Å². The minimum atomic E-state index is -0.536. The molecule has 0 aliphatic carbocycles. The molecule has 2 aliphatic rings. The number of likely N-dealkylation sites (tertiary alicyclic amines) is 2. The lowest BCUT2D eigenvalue weighted by Crippen LogP contribution is -2.46. The Morgan fingerprint density at radius 3 is 2.46 bits per heavy atom. The molecule has 4 heteroatoms. The molecule has 0 spiro atoms. The third kappa shape index (κ3) is 4.32. The Morgan fingerprint density at radius 1 is 0.923 bits per heavy atom. The highest BCUT2D eigenvalue weighted by Crippen LogP contribution is 2.26. The molecule has 2 saturated heterocycles. The Hall–Kier alpha value is -1.75. The van der Waals surface area contributed by atoms with E-state index in [9.17, 15) is 5.11 Å². The van der Waals surface area contributed by atoms with Crippen molar-refractivity contribution in [3.63, 3.8) is 0 Å². The van der Waals surface area contributed by atoms with Crippen LogP contribution in [0.25, 0.3) is 11.3 Å². The molecule has 1 unspecified atom stereocenters. The topological polar surface area (TPSA) is 39.6 Å². The Labute approximate surface area is 156 Å². The average Bonchev–Trinajstić information content (AvgIpc) is 3.04. The molecule has 2 aromatic rings. The molecule has 0 amide bonds. The number of pyridine rings is 1. The molecule has 138 valence electrons. The number of aliphatic hydroxyl groups is 1. The predicted octanol–water partition coefficient (Wildman–Crippen LogP) is 3.17. The highest BCUT2D eigenvalue weighted by Gasteiger charge is 2.37. The molecular weight excluding hydrogens is 322 g/mol. The maximum absolute atomic E-state index is 11.0. The van der Waals surface area contributed by atoms with E-state index in [1.54, 1.807) is 0 Å². The lowest BCUT2D eigenvalue weighted by atomic mass is 10.0. The minimum absolute atomic E-state index is 0.536. The van der Waals surface area contributed by atoms with Gasteiger partial charge in [-0.3, -0.25) is 9.88 Å². The van der Waals surface area contributed by atoms with Crippen LogP contribution in [0.4, 0.5) is 0 Å². The molecule has 0 radical (unpaired) electrons. The summed E-state index contributed by atoms with van der Waals surface area (Å²) in [5, 5.41) is 11.0. The van der Waals surface area contributed by atoms with Gasteiger partial charge in [0, 0.05) is 37.9 Å². The number of benzene rings is 1. The van der Waals surface area contributed by atoms with Crippen LogP contribution in [-0.2, 0) is 6.54 Å². The molecule has 1 atom stereocenters. The van der Waals surface area contributed by atoms with E-state index < -0.39 is 5.60 Å². The molecular formula is C22H29N3O. The van der Waals surface area contributed by atoms with Crippen molar-refractivity contribution in [3.8, 4) is 11.3 Å². The van der Waals surface area contributed by atoms with Crippen LogP contribution >= 0.6 is 0 Å². The van der Waals surface area contributed by atoms with Crippen LogP contribution in [0.15, 0.2) is 48.7 Å². The van der Waals surface area contributed by atoms with Gasteiger partial charge >= 0.3 is 0 Å². The van der Waals surface area contributed by atoms with Crippen LogP contribution in [0, 0.1) is 0 Å². The van der Waals surface area contributed by atoms with Crippen molar-refractivity contribution in [1.29, 1.82) is 0 Å². The second kappa shape index (κ2) is 7.87. The zero-order valence-corrected chi connectivity index (χ0v) is 15.5. The predicted molar refractivity (Wildman–Crippen MR) is 105 cm³/mol. The SMILES string of the molecule is OC1(CN2CCCCC2)CCN(Cc2ccc(-c3ccccn3)cc2)C1. The first kappa shape index (κ1) is 17.7. The first-order chi connectivity index (χ1) is 12.7. The summed E-state index contributed by atoms with van der Waals surface area (Å²) in [6, 6.07) is 14.7. The molecule has 3 heterocycles.